The van der Waals surface area contributed by atoms with Crippen molar-refractivity contribution in [2.45, 2.75) is 12.8 Å². The monoisotopic (exact) mass is 362 g/mol. The number of phenolic OH excluding ortho intramolecular Hbond substituents is 1. The van der Waals surface area contributed by atoms with E-state index in [2.05, 4.69) is 26.8 Å². The average molecular weight is 362 g/mol. The van der Waals surface area contributed by atoms with E-state index in [-0.39, 0.29) is 11.7 Å². The Hall–Kier alpha value is -3.61. The van der Waals surface area contributed by atoms with Crippen LogP contribution in [0.1, 0.15) is 27.2 Å². The van der Waals surface area contributed by atoms with Crippen molar-refractivity contribution in [1.29, 1.82) is 0 Å². The molecule has 1 aliphatic rings. The number of ether oxygens (including phenoxy) is 1. The van der Waals surface area contributed by atoms with Crippen molar-refractivity contribution in [2.24, 2.45) is 5.10 Å². The van der Waals surface area contributed by atoms with Gasteiger partial charge in [-0.15, -0.1) is 0 Å². The minimum Gasteiger partial charge on any atom is -0.504 e. The van der Waals surface area contributed by atoms with Gasteiger partial charge in [-0.25, -0.2) is 5.43 Å². The molecule has 1 aromatic heterocycles. The number of nitrogens with zero attached hydrogens (tertiary/aromatic N) is 2. The smallest absolute Gasteiger partial charge is 0.289 e. The molecule has 2 aromatic carbocycles. The maximum atomic E-state index is 12.5. The number of carbonyl (C=O) groups is 1. The van der Waals surface area contributed by atoms with Gasteiger partial charge in [0, 0.05) is 11.1 Å². The van der Waals surface area contributed by atoms with Crippen molar-refractivity contribution >= 4 is 12.1 Å². The Labute approximate surface area is 155 Å². The van der Waals surface area contributed by atoms with Crippen LogP contribution in [-0.4, -0.2) is 34.5 Å². The van der Waals surface area contributed by atoms with Crippen LogP contribution in [-0.2, 0) is 12.8 Å². The molecule has 0 bridgehead atoms. The lowest BCUT2D eigenvalue weighted by molar-refractivity contribution is 0.0949. The van der Waals surface area contributed by atoms with Crippen LogP contribution in [0.2, 0.25) is 0 Å². The number of fused-ring (bicyclic) bond motifs is 3. The number of hydrazone groups is 1. The first-order chi connectivity index (χ1) is 13.2. The summed E-state index contributed by atoms with van der Waals surface area (Å²) in [6.07, 6.45) is 3.11. The Morgan fingerprint density at radius 1 is 1.30 bits per heavy atom. The molecule has 7 nitrogen and oxygen atoms in total. The van der Waals surface area contributed by atoms with Crippen molar-refractivity contribution < 1.29 is 14.6 Å². The molecule has 136 valence electrons. The number of aromatic amines is 1. The molecule has 27 heavy (non-hydrogen) atoms. The molecular formula is C20H18N4O3. The number of nitrogens with one attached hydrogen (secondary N) is 2. The first-order valence-corrected chi connectivity index (χ1v) is 8.53. The van der Waals surface area contributed by atoms with Crippen LogP contribution in [0.5, 0.6) is 11.5 Å². The van der Waals surface area contributed by atoms with E-state index in [0.29, 0.717) is 17.0 Å². The highest BCUT2D eigenvalue weighted by Crippen LogP contribution is 2.33. The van der Waals surface area contributed by atoms with E-state index in [1.165, 1.54) is 25.0 Å². The molecule has 1 aliphatic carbocycles. The zero-order valence-electron chi connectivity index (χ0n) is 14.7. The lowest BCUT2D eigenvalue weighted by Gasteiger charge is -2.15. The maximum Gasteiger partial charge on any atom is 0.289 e. The third kappa shape index (κ3) is 3.15. The number of aromatic hydroxyl groups is 1. The van der Waals surface area contributed by atoms with Crippen LogP contribution >= 0.6 is 0 Å². The molecule has 0 atom stereocenters. The SMILES string of the molecule is COc1cc(/C=N\NC(=O)c2[nH]nc3c2CCc2ccccc2-3)ccc1O. The quantitative estimate of drug-likeness (QED) is 0.491. The molecule has 0 unspecified atom stereocenters. The van der Waals surface area contributed by atoms with Crippen molar-refractivity contribution in [3.8, 4) is 22.8 Å². The Bertz CT molecular complexity index is 1040. The highest BCUT2D eigenvalue weighted by molar-refractivity contribution is 5.96. The summed E-state index contributed by atoms with van der Waals surface area (Å²) >= 11 is 0. The van der Waals surface area contributed by atoms with Crippen molar-refractivity contribution in [2.75, 3.05) is 7.11 Å². The molecule has 0 aliphatic heterocycles. The third-order valence-corrected chi connectivity index (χ3v) is 4.59. The van der Waals surface area contributed by atoms with Gasteiger partial charge in [-0.2, -0.15) is 10.2 Å². The van der Waals surface area contributed by atoms with Crippen molar-refractivity contribution in [1.82, 2.24) is 15.6 Å². The summed E-state index contributed by atoms with van der Waals surface area (Å²) < 4.78 is 5.05. The second-order valence-electron chi connectivity index (χ2n) is 6.21. The zero-order chi connectivity index (χ0) is 18.8. The molecule has 0 radical (unpaired) electrons. The van der Waals surface area contributed by atoms with Gasteiger partial charge in [0.15, 0.2) is 11.5 Å². The molecule has 3 aromatic rings. The lowest BCUT2D eigenvalue weighted by atomic mass is 9.89. The normalized spacial score (nSPS) is 12.5. The van der Waals surface area contributed by atoms with Crippen LogP contribution in [0.4, 0.5) is 0 Å². The van der Waals surface area contributed by atoms with Crippen LogP contribution in [0.3, 0.4) is 0 Å². The molecule has 0 spiro atoms. The number of carbonyl (C=O) groups excluding carboxylic acids is 1. The fourth-order valence-corrected chi connectivity index (χ4v) is 3.24. The number of phenols is 1. The number of aromatic nitrogens is 2. The molecule has 7 heteroatoms. The predicted octanol–water partition coefficient (Wildman–Crippen LogP) is 2.65. The maximum absolute atomic E-state index is 12.5. The fraction of sp³-hybridized carbons (Fsp3) is 0.150. The van der Waals surface area contributed by atoms with Gasteiger partial charge in [-0.3, -0.25) is 9.89 Å². The van der Waals surface area contributed by atoms with E-state index >= 15 is 0 Å². The molecular weight excluding hydrogens is 344 g/mol. The molecule has 0 fully saturated rings. The minimum absolute atomic E-state index is 0.0445. The molecule has 4 rings (SSSR count). The van der Waals surface area contributed by atoms with E-state index in [1.54, 1.807) is 12.1 Å². The summed E-state index contributed by atoms with van der Waals surface area (Å²) in [6, 6.07) is 12.9. The first-order valence-electron chi connectivity index (χ1n) is 8.53. The topological polar surface area (TPSA) is 99.6 Å². The highest BCUT2D eigenvalue weighted by atomic mass is 16.5. The minimum atomic E-state index is -0.342. The largest absolute Gasteiger partial charge is 0.504 e. The number of hydrogen-bond donors (Lipinski definition) is 3. The second kappa shape index (κ2) is 6.95. The Balaban J connectivity index is 1.51. The molecule has 1 amide bonds. The average Bonchev–Trinajstić information content (AvgIpc) is 3.14. The standard InChI is InChI=1S/C20H18N4O3/c1-27-17-10-12(6-9-16(17)25)11-21-24-20(26)19-15-8-7-13-4-2-3-5-14(13)18(15)22-23-19/h2-6,9-11,25H,7-8H2,1H3,(H,22,23)(H,24,26)/b21-11-. The Kier molecular flexibility index (Phi) is 4.33. The van der Waals surface area contributed by atoms with E-state index in [1.807, 2.05) is 18.2 Å². The van der Waals surface area contributed by atoms with Gasteiger partial charge in [-0.1, -0.05) is 24.3 Å². The van der Waals surface area contributed by atoms with E-state index in [9.17, 15) is 9.90 Å². The van der Waals surface area contributed by atoms with E-state index in [4.69, 9.17) is 4.74 Å². The number of amides is 1. The molecule has 0 saturated carbocycles. The summed E-state index contributed by atoms with van der Waals surface area (Å²) in [5, 5.41) is 20.8. The van der Waals surface area contributed by atoms with Gasteiger partial charge in [0.25, 0.3) is 5.91 Å². The number of aryl methyl sites for hydroxylation is 1. The summed E-state index contributed by atoms with van der Waals surface area (Å²) in [6.45, 7) is 0. The lowest BCUT2D eigenvalue weighted by Crippen LogP contribution is -2.20. The number of methoxy groups -OCH3 is 1. The Morgan fingerprint density at radius 3 is 3.00 bits per heavy atom. The third-order valence-electron chi connectivity index (χ3n) is 4.59. The fourth-order valence-electron chi connectivity index (χ4n) is 3.24. The summed E-state index contributed by atoms with van der Waals surface area (Å²) in [7, 11) is 1.47. The van der Waals surface area contributed by atoms with Gasteiger partial charge in [-0.05, 0) is 42.2 Å². The summed E-state index contributed by atoms with van der Waals surface area (Å²) in [5.41, 5.74) is 7.67. The van der Waals surface area contributed by atoms with Gasteiger partial charge in [0.2, 0.25) is 0 Å². The van der Waals surface area contributed by atoms with E-state index < -0.39 is 0 Å². The van der Waals surface area contributed by atoms with Crippen LogP contribution in [0, 0.1) is 0 Å². The van der Waals surface area contributed by atoms with Gasteiger partial charge < -0.3 is 9.84 Å². The number of rotatable bonds is 4. The molecule has 1 heterocycles. The number of H-pyrrole nitrogens is 1. The molecule has 3 N–H and O–H groups in total. The number of benzene rings is 2. The Morgan fingerprint density at radius 2 is 2.15 bits per heavy atom. The first kappa shape index (κ1) is 16.8. The zero-order valence-corrected chi connectivity index (χ0v) is 14.7. The van der Waals surface area contributed by atoms with Crippen LogP contribution in [0.15, 0.2) is 47.6 Å². The summed E-state index contributed by atoms with van der Waals surface area (Å²) in [5.74, 6) is 0.0414. The second-order valence-corrected chi connectivity index (χ2v) is 6.21. The highest BCUT2D eigenvalue weighted by Gasteiger charge is 2.24. The van der Waals surface area contributed by atoms with Gasteiger partial charge in [0.1, 0.15) is 5.69 Å². The van der Waals surface area contributed by atoms with Crippen LogP contribution < -0.4 is 10.2 Å². The number of hydrogen-bond acceptors (Lipinski definition) is 5. The molecule has 0 saturated heterocycles. The van der Waals surface area contributed by atoms with Crippen molar-refractivity contribution in [3.63, 3.8) is 0 Å². The van der Waals surface area contributed by atoms with Crippen molar-refractivity contribution in [3.05, 3.63) is 64.8 Å². The predicted molar refractivity (Wildman–Crippen MR) is 101 cm³/mol. The summed E-state index contributed by atoms with van der Waals surface area (Å²) in [4.78, 5) is 12.5. The van der Waals surface area contributed by atoms with E-state index in [0.717, 1.165) is 29.7 Å². The van der Waals surface area contributed by atoms with Gasteiger partial charge in [0.05, 0.1) is 19.0 Å². The van der Waals surface area contributed by atoms with Crippen LogP contribution in [0.25, 0.3) is 11.3 Å². The van der Waals surface area contributed by atoms with Gasteiger partial charge >= 0.3 is 0 Å².